The molecule has 0 aliphatic heterocycles. The molecule has 32 heavy (non-hydrogen) atoms. The number of rotatable bonds is 5. The fraction of sp³-hybridized carbons (Fsp3) is 0.238. The first-order valence-electron chi connectivity index (χ1n) is 9.52. The SMILES string of the molecule is COc1ccc(-c2cc(C(F)(F)F)n3nc(C(=O)N(C)Cc4ccnn4C)cc3n2)cc1. The van der Waals surface area contributed by atoms with Crippen LogP contribution in [0.15, 0.2) is 48.7 Å². The van der Waals surface area contributed by atoms with E-state index in [4.69, 9.17) is 4.74 Å². The third kappa shape index (κ3) is 4.01. The van der Waals surface area contributed by atoms with Gasteiger partial charge in [0.15, 0.2) is 17.0 Å². The number of carbonyl (C=O) groups excluding carboxylic acids is 1. The molecule has 11 heteroatoms. The van der Waals surface area contributed by atoms with Crippen molar-refractivity contribution in [2.45, 2.75) is 12.7 Å². The van der Waals surface area contributed by atoms with Crippen LogP contribution in [0.2, 0.25) is 0 Å². The van der Waals surface area contributed by atoms with Gasteiger partial charge in [-0.1, -0.05) is 0 Å². The number of hydrogen-bond donors (Lipinski definition) is 0. The Bertz CT molecular complexity index is 1280. The number of alkyl halides is 3. The van der Waals surface area contributed by atoms with Crippen molar-refractivity contribution in [3.8, 4) is 17.0 Å². The van der Waals surface area contributed by atoms with Gasteiger partial charge in [-0.05, 0) is 36.4 Å². The van der Waals surface area contributed by atoms with Gasteiger partial charge >= 0.3 is 6.18 Å². The van der Waals surface area contributed by atoms with Crippen LogP contribution in [0.1, 0.15) is 21.9 Å². The molecule has 166 valence electrons. The number of halogens is 3. The predicted molar refractivity (Wildman–Crippen MR) is 109 cm³/mol. The zero-order chi connectivity index (χ0) is 23.0. The molecule has 0 atom stereocenters. The number of carbonyl (C=O) groups is 1. The minimum absolute atomic E-state index is 0.0806. The third-order valence-electron chi connectivity index (χ3n) is 4.99. The van der Waals surface area contributed by atoms with E-state index < -0.39 is 17.8 Å². The van der Waals surface area contributed by atoms with Crippen molar-refractivity contribution >= 4 is 11.6 Å². The Morgan fingerprint density at radius 3 is 2.47 bits per heavy atom. The molecule has 3 heterocycles. The monoisotopic (exact) mass is 444 g/mol. The summed E-state index contributed by atoms with van der Waals surface area (Å²) in [6.45, 7) is 0.222. The molecule has 0 saturated heterocycles. The highest BCUT2D eigenvalue weighted by Gasteiger charge is 2.36. The summed E-state index contributed by atoms with van der Waals surface area (Å²) in [5.41, 5.74) is 0.0976. The van der Waals surface area contributed by atoms with Gasteiger partial charge in [0.25, 0.3) is 5.91 Å². The van der Waals surface area contributed by atoms with Gasteiger partial charge in [0, 0.05) is 31.9 Å². The van der Waals surface area contributed by atoms with Crippen LogP contribution in [0, 0.1) is 0 Å². The van der Waals surface area contributed by atoms with Gasteiger partial charge in [0.1, 0.15) is 5.75 Å². The molecule has 0 saturated carbocycles. The van der Waals surface area contributed by atoms with E-state index in [2.05, 4.69) is 15.2 Å². The fourth-order valence-electron chi connectivity index (χ4n) is 3.26. The van der Waals surface area contributed by atoms with Gasteiger partial charge < -0.3 is 9.64 Å². The summed E-state index contributed by atoms with van der Waals surface area (Å²) in [6.07, 6.45) is -3.10. The topological polar surface area (TPSA) is 77.5 Å². The third-order valence-corrected chi connectivity index (χ3v) is 4.99. The van der Waals surface area contributed by atoms with E-state index in [1.807, 2.05) is 0 Å². The minimum atomic E-state index is -4.70. The minimum Gasteiger partial charge on any atom is -0.497 e. The molecular formula is C21H19F3N6O2. The van der Waals surface area contributed by atoms with Crippen LogP contribution in [-0.2, 0) is 19.8 Å². The summed E-state index contributed by atoms with van der Waals surface area (Å²) in [4.78, 5) is 18.5. The van der Waals surface area contributed by atoms with E-state index in [0.29, 0.717) is 15.8 Å². The Balaban J connectivity index is 1.74. The molecule has 1 aromatic carbocycles. The first-order chi connectivity index (χ1) is 15.2. The quantitative estimate of drug-likeness (QED) is 0.471. The molecule has 3 aromatic heterocycles. The lowest BCUT2D eigenvalue weighted by Gasteiger charge is -2.15. The standard InChI is InChI=1S/C21H19F3N6O2/c1-28(12-14-8-9-25-29(14)2)20(31)17-11-19-26-16(13-4-6-15(32-3)7-5-13)10-18(21(22,23)24)30(19)27-17/h4-11H,12H2,1-3H3. The molecule has 4 rings (SSSR count). The number of fused-ring (bicyclic) bond motifs is 1. The Kier molecular flexibility index (Phi) is 5.33. The van der Waals surface area contributed by atoms with Gasteiger partial charge in [0.2, 0.25) is 0 Å². The number of aromatic nitrogens is 5. The molecule has 8 nitrogen and oxygen atoms in total. The highest BCUT2D eigenvalue weighted by molar-refractivity contribution is 5.93. The summed E-state index contributed by atoms with van der Waals surface area (Å²) in [6, 6.07) is 10.4. The maximum absolute atomic E-state index is 13.8. The smallest absolute Gasteiger partial charge is 0.433 e. The average molecular weight is 444 g/mol. The van der Waals surface area contributed by atoms with E-state index in [1.165, 1.54) is 18.1 Å². The van der Waals surface area contributed by atoms with Crippen molar-refractivity contribution < 1.29 is 22.7 Å². The lowest BCUT2D eigenvalue weighted by atomic mass is 10.1. The number of aryl methyl sites for hydroxylation is 1. The first-order valence-corrected chi connectivity index (χ1v) is 9.52. The highest BCUT2D eigenvalue weighted by atomic mass is 19.4. The molecule has 0 unspecified atom stereocenters. The summed E-state index contributed by atoms with van der Waals surface area (Å²) in [7, 11) is 4.77. The normalized spacial score (nSPS) is 11.7. The van der Waals surface area contributed by atoms with Crippen LogP contribution in [0.5, 0.6) is 5.75 Å². The van der Waals surface area contributed by atoms with Crippen LogP contribution >= 0.6 is 0 Å². The summed E-state index contributed by atoms with van der Waals surface area (Å²) in [5.74, 6) is 0.0374. The number of hydrogen-bond acceptors (Lipinski definition) is 5. The summed E-state index contributed by atoms with van der Waals surface area (Å²) in [5, 5.41) is 7.96. The van der Waals surface area contributed by atoms with E-state index >= 15 is 0 Å². The van der Waals surface area contributed by atoms with Gasteiger partial charge in [-0.25, -0.2) is 9.50 Å². The van der Waals surface area contributed by atoms with Crippen molar-refractivity contribution in [1.29, 1.82) is 0 Å². The van der Waals surface area contributed by atoms with E-state index in [9.17, 15) is 18.0 Å². The molecule has 0 spiro atoms. The number of nitrogens with zero attached hydrogens (tertiary/aromatic N) is 6. The maximum atomic E-state index is 13.8. The molecule has 0 aliphatic rings. The second-order valence-corrected chi connectivity index (χ2v) is 7.16. The zero-order valence-electron chi connectivity index (χ0n) is 17.5. The van der Waals surface area contributed by atoms with Gasteiger partial charge in [-0.15, -0.1) is 0 Å². The van der Waals surface area contributed by atoms with Gasteiger partial charge in [0.05, 0.1) is 25.0 Å². The Labute approximate surface area is 180 Å². The summed E-state index contributed by atoms with van der Waals surface area (Å²) < 4.78 is 48.7. The van der Waals surface area contributed by atoms with Crippen LogP contribution in [0.3, 0.4) is 0 Å². The molecule has 0 fully saturated rings. The van der Waals surface area contributed by atoms with Crippen LogP contribution < -0.4 is 4.74 Å². The highest BCUT2D eigenvalue weighted by Crippen LogP contribution is 2.32. The van der Waals surface area contributed by atoms with Crippen molar-refractivity contribution in [3.63, 3.8) is 0 Å². The molecule has 1 amide bonds. The lowest BCUT2D eigenvalue weighted by molar-refractivity contribution is -0.142. The van der Waals surface area contributed by atoms with Crippen LogP contribution in [0.25, 0.3) is 16.9 Å². The first kappa shape index (κ1) is 21.3. The molecule has 0 bridgehead atoms. The number of methoxy groups -OCH3 is 1. The molecule has 0 N–H and O–H groups in total. The largest absolute Gasteiger partial charge is 0.497 e. The molecule has 0 aliphatic carbocycles. The number of benzene rings is 1. The van der Waals surface area contributed by atoms with E-state index in [0.717, 1.165) is 11.8 Å². The van der Waals surface area contributed by atoms with Gasteiger partial charge in [-0.3, -0.25) is 9.48 Å². The van der Waals surface area contributed by atoms with Gasteiger partial charge in [-0.2, -0.15) is 23.4 Å². The number of amides is 1. The molecule has 4 aromatic rings. The molecule has 0 radical (unpaired) electrons. The van der Waals surface area contributed by atoms with Crippen LogP contribution in [-0.4, -0.2) is 49.3 Å². The van der Waals surface area contributed by atoms with Crippen molar-refractivity contribution in [2.75, 3.05) is 14.2 Å². The van der Waals surface area contributed by atoms with E-state index in [-0.39, 0.29) is 23.6 Å². The lowest BCUT2D eigenvalue weighted by Crippen LogP contribution is -2.27. The Hall–Kier alpha value is -3.89. The van der Waals surface area contributed by atoms with Crippen molar-refractivity contribution in [2.24, 2.45) is 7.05 Å². The maximum Gasteiger partial charge on any atom is 0.433 e. The Morgan fingerprint density at radius 1 is 1.16 bits per heavy atom. The van der Waals surface area contributed by atoms with E-state index in [1.54, 1.807) is 55.3 Å². The molecular weight excluding hydrogens is 425 g/mol. The predicted octanol–water partition coefficient (Wildman–Crippen LogP) is 3.43. The summed E-state index contributed by atoms with van der Waals surface area (Å²) >= 11 is 0. The Morgan fingerprint density at radius 2 is 1.88 bits per heavy atom. The second-order valence-electron chi connectivity index (χ2n) is 7.16. The zero-order valence-corrected chi connectivity index (χ0v) is 17.5. The van der Waals surface area contributed by atoms with Crippen molar-refractivity contribution in [1.82, 2.24) is 29.3 Å². The number of ether oxygens (including phenoxy) is 1. The van der Waals surface area contributed by atoms with Crippen molar-refractivity contribution in [3.05, 3.63) is 65.7 Å². The fourth-order valence-corrected chi connectivity index (χ4v) is 3.26. The van der Waals surface area contributed by atoms with Crippen LogP contribution in [0.4, 0.5) is 13.2 Å². The average Bonchev–Trinajstić information content (AvgIpc) is 3.37. The second kappa shape index (κ2) is 7.98.